The van der Waals surface area contributed by atoms with Crippen molar-refractivity contribution in [2.75, 3.05) is 33.8 Å². The molecular formula is C20H32IN7O. The molecule has 2 aromatic rings. The van der Waals surface area contributed by atoms with Crippen LogP contribution in [-0.4, -0.2) is 59.4 Å². The molecule has 1 atom stereocenters. The summed E-state index contributed by atoms with van der Waals surface area (Å²) in [5.74, 6) is 2.55. The van der Waals surface area contributed by atoms with Gasteiger partial charge in [-0.1, -0.05) is 12.1 Å². The molecule has 0 amide bonds. The van der Waals surface area contributed by atoms with E-state index in [1.165, 1.54) is 18.4 Å². The normalized spacial score (nSPS) is 15.6. The predicted molar refractivity (Wildman–Crippen MR) is 126 cm³/mol. The molecule has 0 saturated carbocycles. The fourth-order valence-corrected chi connectivity index (χ4v) is 3.62. The summed E-state index contributed by atoms with van der Waals surface area (Å²) in [5, 5.41) is 15.0. The van der Waals surface area contributed by atoms with Gasteiger partial charge in [0.05, 0.1) is 19.7 Å². The van der Waals surface area contributed by atoms with Crippen molar-refractivity contribution in [3.63, 3.8) is 0 Å². The van der Waals surface area contributed by atoms with Crippen LogP contribution in [0.15, 0.2) is 35.6 Å². The van der Waals surface area contributed by atoms with Gasteiger partial charge in [0.15, 0.2) is 11.8 Å². The topological polar surface area (TPSA) is 79.6 Å². The van der Waals surface area contributed by atoms with E-state index in [-0.39, 0.29) is 30.0 Å². The van der Waals surface area contributed by atoms with Gasteiger partial charge < -0.3 is 19.9 Å². The number of nitrogens with zero attached hydrogens (tertiary/aromatic N) is 5. The summed E-state index contributed by atoms with van der Waals surface area (Å²) < 4.78 is 7.44. The Morgan fingerprint density at radius 3 is 2.76 bits per heavy atom. The van der Waals surface area contributed by atoms with E-state index in [2.05, 4.69) is 55.8 Å². The van der Waals surface area contributed by atoms with Gasteiger partial charge in [-0.25, -0.2) is 0 Å². The van der Waals surface area contributed by atoms with Crippen molar-refractivity contribution in [3.05, 3.63) is 42.0 Å². The molecular weight excluding hydrogens is 481 g/mol. The molecule has 0 aliphatic carbocycles. The summed E-state index contributed by atoms with van der Waals surface area (Å²) in [6, 6.07) is 8.62. The second-order valence-electron chi connectivity index (χ2n) is 6.88. The number of halogens is 1. The SMILES string of the molecule is CCn1cnnc1CNC(=NC)NCC(c1cccc(OC)c1)N1CCCC1.I. The first-order valence-corrected chi connectivity index (χ1v) is 9.94. The number of aliphatic imine (C=N–C) groups is 1. The highest BCUT2D eigenvalue weighted by Crippen LogP contribution is 2.27. The fourth-order valence-electron chi connectivity index (χ4n) is 3.62. The molecule has 1 saturated heterocycles. The van der Waals surface area contributed by atoms with Crippen molar-refractivity contribution in [1.82, 2.24) is 30.3 Å². The van der Waals surface area contributed by atoms with Crippen molar-refractivity contribution in [2.45, 2.75) is 38.9 Å². The monoisotopic (exact) mass is 513 g/mol. The van der Waals surface area contributed by atoms with E-state index in [1.54, 1.807) is 20.5 Å². The summed E-state index contributed by atoms with van der Waals surface area (Å²) in [7, 11) is 3.50. The number of aromatic nitrogens is 3. The minimum Gasteiger partial charge on any atom is -0.497 e. The number of methoxy groups -OCH3 is 1. The molecule has 9 heteroatoms. The minimum atomic E-state index is 0. The van der Waals surface area contributed by atoms with Crippen molar-refractivity contribution >= 4 is 29.9 Å². The van der Waals surface area contributed by atoms with Crippen LogP contribution >= 0.6 is 24.0 Å². The molecule has 3 rings (SSSR count). The maximum absolute atomic E-state index is 5.43. The average molecular weight is 513 g/mol. The van der Waals surface area contributed by atoms with Gasteiger partial charge in [0.2, 0.25) is 0 Å². The molecule has 1 fully saturated rings. The van der Waals surface area contributed by atoms with E-state index >= 15 is 0 Å². The first-order valence-electron chi connectivity index (χ1n) is 9.94. The quantitative estimate of drug-likeness (QED) is 0.321. The molecule has 8 nitrogen and oxygen atoms in total. The third-order valence-electron chi connectivity index (χ3n) is 5.20. The number of hydrogen-bond donors (Lipinski definition) is 2. The number of guanidine groups is 1. The number of likely N-dealkylation sites (tertiary alicyclic amines) is 1. The summed E-state index contributed by atoms with van der Waals surface area (Å²) in [6.07, 6.45) is 4.25. The van der Waals surface area contributed by atoms with Crippen LogP contribution in [0.2, 0.25) is 0 Å². The molecule has 0 spiro atoms. The molecule has 1 aromatic heterocycles. The maximum atomic E-state index is 5.43. The van der Waals surface area contributed by atoms with Crippen LogP contribution in [0.3, 0.4) is 0 Å². The van der Waals surface area contributed by atoms with E-state index < -0.39 is 0 Å². The first-order chi connectivity index (χ1) is 13.7. The number of ether oxygens (including phenoxy) is 1. The van der Waals surface area contributed by atoms with E-state index in [9.17, 15) is 0 Å². The Balaban J connectivity index is 0.00000300. The zero-order valence-corrected chi connectivity index (χ0v) is 19.8. The molecule has 160 valence electrons. The maximum Gasteiger partial charge on any atom is 0.191 e. The van der Waals surface area contributed by atoms with Gasteiger partial charge in [0, 0.05) is 20.1 Å². The summed E-state index contributed by atoms with van der Waals surface area (Å²) >= 11 is 0. The van der Waals surface area contributed by atoms with Gasteiger partial charge in [0.1, 0.15) is 12.1 Å². The van der Waals surface area contributed by atoms with E-state index in [4.69, 9.17) is 4.74 Å². The van der Waals surface area contributed by atoms with Crippen molar-refractivity contribution < 1.29 is 4.74 Å². The lowest BCUT2D eigenvalue weighted by Crippen LogP contribution is -2.42. The first kappa shape index (κ1) is 23.4. The van der Waals surface area contributed by atoms with Crippen molar-refractivity contribution in [3.8, 4) is 5.75 Å². The van der Waals surface area contributed by atoms with Crippen LogP contribution in [0.1, 0.15) is 37.2 Å². The molecule has 1 aliphatic heterocycles. The average Bonchev–Trinajstić information content (AvgIpc) is 3.42. The van der Waals surface area contributed by atoms with E-state index in [0.29, 0.717) is 6.54 Å². The standard InChI is InChI=1S/C20H31N7O.HI/c1-4-26-15-24-25-19(26)14-23-20(21-2)22-13-18(27-10-5-6-11-27)16-8-7-9-17(12-16)28-3;/h7-9,12,15,18H,4-6,10-11,13-14H2,1-3H3,(H2,21,22,23);1H. The van der Waals surface area contributed by atoms with Crippen LogP contribution in [0.25, 0.3) is 0 Å². The second kappa shape index (κ2) is 12.0. The molecule has 29 heavy (non-hydrogen) atoms. The zero-order chi connectivity index (χ0) is 19.8. The largest absolute Gasteiger partial charge is 0.497 e. The Labute approximate surface area is 190 Å². The lowest BCUT2D eigenvalue weighted by atomic mass is 10.1. The highest BCUT2D eigenvalue weighted by atomic mass is 127. The lowest BCUT2D eigenvalue weighted by Gasteiger charge is -2.29. The lowest BCUT2D eigenvalue weighted by molar-refractivity contribution is 0.245. The van der Waals surface area contributed by atoms with E-state index in [1.807, 2.05) is 10.6 Å². The predicted octanol–water partition coefficient (Wildman–Crippen LogP) is 2.43. The Morgan fingerprint density at radius 2 is 2.07 bits per heavy atom. The Kier molecular flexibility index (Phi) is 9.65. The fraction of sp³-hybridized carbons (Fsp3) is 0.550. The highest BCUT2D eigenvalue weighted by molar-refractivity contribution is 14.0. The third kappa shape index (κ3) is 6.30. The zero-order valence-electron chi connectivity index (χ0n) is 17.5. The minimum absolute atomic E-state index is 0. The number of rotatable bonds is 8. The summed E-state index contributed by atoms with van der Waals surface area (Å²) in [4.78, 5) is 6.89. The van der Waals surface area contributed by atoms with Crippen molar-refractivity contribution in [2.24, 2.45) is 4.99 Å². The van der Waals surface area contributed by atoms with Gasteiger partial charge in [-0.3, -0.25) is 9.89 Å². The number of aryl methyl sites for hydroxylation is 1. The van der Waals surface area contributed by atoms with Crippen LogP contribution in [0.5, 0.6) is 5.75 Å². The number of nitrogens with one attached hydrogen (secondary N) is 2. The van der Waals surface area contributed by atoms with Gasteiger partial charge in [-0.05, 0) is 50.6 Å². The Hall–Kier alpha value is -1.88. The highest BCUT2D eigenvalue weighted by Gasteiger charge is 2.24. The molecule has 1 unspecified atom stereocenters. The Morgan fingerprint density at radius 1 is 1.28 bits per heavy atom. The van der Waals surface area contributed by atoms with E-state index in [0.717, 1.165) is 43.7 Å². The molecule has 2 heterocycles. The van der Waals surface area contributed by atoms with Crippen LogP contribution in [0.4, 0.5) is 0 Å². The van der Waals surface area contributed by atoms with Gasteiger partial charge in [-0.15, -0.1) is 34.2 Å². The third-order valence-corrected chi connectivity index (χ3v) is 5.20. The molecule has 1 aromatic carbocycles. The van der Waals surface area contributed by atoms with Gasteiger partial charge in [0.25, 0.3) is 0 Å². The summed E-state index contributed by atoms with van der Waals surface area (Å²) in [5.41, 5.74) is 1.26. The van der Waals surface area contributed by atoms with Crippen molar-refractivity contribution in [1.29, 1.82) is 0 Å². The number of benzene rings is 1. The summed E-state index contributed by atoms with van der Waals surface area (Å²) in [6.45, 7) is 6.52. The second-order valence-corrected chi connectivity index (χ2v) is 6.88. The molecule has 1 aliphatic rings. The smallest absolute Gasteiger partial charge is 0.191 e. The Bertz CT molecular complexity index is 774. The number of hydrogen-bond acceptors (Lipinski definition) is 5. The molecule has 0 radical (unpaired) electrons. The molecule has 2 N–H and O–H groups in total. The van der Waals surface area contributed by atoms with Gasteiger partial charge >= 0.3 is 0 Å². The van der Waals surface area contributed by atoms with Gasteiger partial charge in [-0.2, -0.15) is 0 Å². The molecule has 0 bridgehead atoms. The van der Waals surface area contributed by atoms with Crippen LogP contribution in [0, 0.1) is 0 Å². The van der Waals surface area contributed by atoms with Crippen LogP contribution < -0.4 is 15.4 Å². The van der Waals surface area contributed by atoms with Crippen LogP contribution in [-0.2, 0) is 13.1 Å².